The zero-order valence-electron chi connectivity index (χ0n) is 33.0. The Morgan fingerprint density at radius 2 is 1.71 bits per heavy atom. The van der Waals surface area contributed by atoms with E-state index in [-0.39, 0.29) is 29.7 Å². The highest BCUT2D eigenvalue weighted by Gasteiger charge is 2.59. The standard InChI is InChI=1S/C48H58N2O4S/c1-31-11-10-23-47(4)40(38-21-17-32(25-37(51)20-16-31)26-39(38)44(52)43-27-33-12-8-9-15-42(33)55-43)22-24-48(47,54)30-50(45(53)49-36-13-6-5-7-14-36)29-34-18-19-35-28-41(34)46(35,2)3/h5-9,11-15,17,21,26-27,34-35,37,40-41,51,54H,10,16,18-20,22-25,28-30H2,1-4H3,(H,49,53). The van der Waals surface area contributed by atoms with Gasteiger partial charge in [0.15, 0.2) is 0 Å². The number of allylic oxidation sites excluding steroid dienone is 2. The van der Waals surface area contributed by atoms with Crippen molar-refractivity contribution in [1.29, 1.82) is 0 Å². The lowest BCUT2D eigenvalue weighted by Crippen LogP contribution is -2.58. The molecule has 2 amide bonds. The molecule has 0 spiro atoms. The monoisotopic (exact) mass is 758 g/mol. The number of anilines is 1. The molecule has 7 unspecified atom stereocenters. The zero-order valence-corrected chi connectivity index (χ0v) is 33.8. The molecular formula is C48H58N2O4S. The predicted molar refractivity (Wildman–Crippen MR) is 224 cm³/mol. The topological polar surface area (TPSA) is 89.9 Å². The van der Waals surface area contributed by atoms with Crippen LogP contribution in [0.1, 0.15) is 118 Å². The first kappa shape index (κ1) is 38.1. The summed E-state index contributed by atoms with van der Waals surface area (Å²) in [6.45, 7) is 10.0. The summed E-state index contributed by atoms with van der Waals surface area (Å²) in [7, 11) is 0. The summed E-state index contributed by atoms with van der Waals surface area (Å²) in [6.07, 6.45) is 9.96. The molecule has 290 valence electrons. The minimum Gasteiger partial charge on any atom is -0.393 e. The largest absolute Gasteiger partial charge is 0.393 e. The molecular weight excluding hydrogens is 701 g/mol. The zero-order chi connectivity index (χ0) is 38.5. The molecule has 1 heterocycles. The van der Waals surface area contributed by atoms with Crippen molar-refractivity contribution in [3.05, 3.63) is 112 Å². The number of carbonyl (C=O) groups excluding carboxylic acids is 2. The van der Waals surface area contributed by atoms with Crippen molar-refractivity contribution >= 4 is 38.9 Å². The van der Waals surface area contributed by atoms with E-state index in [1.165, 1.54) is 29.8 Å². The highest BCUT2D eigenvalue weighted by molar-refractivity contribution is 7.21. The van der Waals surface area contributed by atoms with Crippen molar-refractivity contribution < 1.29 is 19.8 Å². The fourth-order valence-corrected chi connectivity index (χ4v) is 12.2. The Balaban J connectivity index is 1.18. The van der Waals surface area contributed by atoms with Gasteiger partial charge in [0.05, 0.1) is 23.1 Å². The second kappa shape index (κ2) is 14.9. The molecule has 0 aliphatic heterocycles. The molecule has 55 heavy (non-hydrogen) atoms. The SMILES string of the molecule is CC1=CCCC2(C)C(CCC2(O)CN(CC2CCC3CC2C3(C)C)C(=O)Nc2ccccc2)c2ccc(cc2C(=O)c2cc3ccccc3s2)CC(O)CC1. The van der Waals surface area contributed by atoms with Crippen molar-refractivity contribution in [2.24, 2.45) is 28.6 Å². The minimum atomic E-state index is -1.19. The Morgan fingerprint density at radius 1 is 0.927 bits per heavy atom. The van der Waals surface area contributed by atoms with E-state index < -0.39 is 17.1 Å². The molecule has 3 aromatic carbocycles. The van der Waals surface area contributed by atoms with Crippen LogP contribution in [0.5, 0.6) is 0 Å². The number of thiophene rings is 1. The van der Waals surface area contributed by atoms with Gasteiger partial charge < -0.3 is 20.4 Å². The van der Waals surface area contributed by atoms with Gasteiger partial charge in [-0.05, 0) is 147 Å². The van der Waals surface area contributed by atoms with Crippen molar-refractivity contribution in [2.75, 3.05) is 18.4 Å². The number of rotatable bonds is 7. The molecule has 4 saturated carbocycles. The van der Waals surface area contributed by atoms with Crippen LogP contribution in [0.15, 0.2) is 90.5 Å². The first-order chi connectivity index (χ1) is 26.3. The van der Waals surface area contributed by atoms with Gasteiger partial charge in [-0.2, -0.15) is 0 Å². The van der Waals surface area contributed by atoms with Gasteiger partial charge in [0.25, 0.3) is 0 Å². The molecule has 4 aromatic rings. The molecule has 0 saturated heterocycles. The van der Waals surface area contributed by atoms with Crippen LogP contribution in [0, 0.1) is 28.6 Å². The van der Waals surface area contributed by atoms with Crippen LogP contribution in [0.4, 0.5) is 10.5 Å². The van der Waals surface area contributed by atoms with Crippen LogP contribution >= 0.6 is 11.3 Å². The predicted octanol–water partition coefficient (Wildman–Crippen LogP) is 10.8. The van der Waals surface area contributed by atoms with E-state index in [0.717, 1.165) is 52.1 Å². The molecule has 10 rings (SSSR count). The third-order valence-electron chi connectivity index (χ3n) is 14.8. The van der Waals surface area contributed by atoms with Gasteiger partial charge in [-0.25, -0.2) is 4.79 Å². The van der Waals surface area contributed by atoms with Gasteiger partial charge in [-0.1, -0.05) is 81.0 Å². The van der Waals surface area contributed by atoms with Gasteiger partial charge in [0.1, 0.15) is 0 Å². The summed E-state index contributed by atoms with van der Waals surface area (Å²) in [5, 5.41) is 28.6. The number of urea groups is 1. The summed E-state index contributed by atoms with van der Waals surface area (Å²) in [5.74, 6) is 1.61. The molecule has 4 bridgehead atoms. The summed E-state index contributed by atoms with van der Waals surface area (Å²) < 4.78 is 1.08. The number of fused-ring (bicyclic) bond motifs is 11. The normalized spacial score (nSPS) is 30.1. The molecule has 3 N–H and O–H groups in total. The number of benzene rings is 3. The maximum atomic E-state index is 14.7. The lowest BCUT2D eigenvalue weighted by Gasteiger charge is -2.60. The average Bonchev–Trinajstić information content (AvgIpc) is 3.72. The lowest BCUT2D eigenvalue weighted by atomic mass is 9.45. The first-order valence-electron chi connectivity index (χ1n) is 20.7. The smallest absolute Gasteiger partial charge is 0.321 e. The highest BCUT2D eigenvalue weighted by atomic mass is 32.1. The minimum absolute atomic E-state index is 0.00394. The number of aliphatic hydroxyl groups excluding tert-OH is 1. The van der Waals surface area contributed by atoms with Crippen molar-refractivity contribution in [2.45, 2.75) is 110 Å². The summed E-state index contributed by atoms with van der Waals surface area (Å²) in [6, 6.07) is 25.8. The van der Waals surface area contributed by atoms with Crippen molar-refractivity contribution in [1.82, 2.24) is 4.90 Å². The molecule has 7 heteroatoms. The Bertz CT molecular complexity index is 2050. The molecule has 6 aliphatic rings. The third kappa shape index (κ3) is 7.21. The molecule has 1 aromatic heterocycles. The second-order valence-electron chi connectivity index (χ2n) is 18.3. The van der Waals surface area contributed by atoms with Gasteiger partial charge >= 0.3 is 6.03 Å². The number of carbonyl (C=O) groups is 2. The van der Waals surface area contributed by atoms with Crippen LogP contribution in [0.25, 0.3) is 10.1 Å². The number of ketones is 1. The number of hydrogen-bond acceptors (Lipinski definition) is 5. The Labute approximate surface area is 331 Å². The van der Waals surface area contributed by atoms with Crippen LogP contribution in [-0.2, 0) is 6.42 Å². The number of hydrogen-bond donors (Lipinski definition) is 3. The number of aliphatic hydroxyl groups is 2. The molecule has 6 aliphatic carbocycles. The van der Waals surface area contributed by atoms with Crippen LogP contribution in [0.2, 0.25) is 0 Å². The summed E-state index contributed by atoms with van der Waals surface area (Å²) >= 11 is 1.52. The summed E-state index contributed by atoms with van der Waals surface area (Å²) in [5.41, 5.74) is 3.03. The molecule has 6 nitrogen and oxygen atoms in total. The molecule has 0 radical (unpaired) electrons. The van der Waals surface area contributed by atoms with Crippen LogP contribution in [-0.4, -0.2) is 51.7 Å². The maximum absolute atomic E-state index is 14.7. The van der Waals surface area contributed by atoms with Gasteiger partial charge in [-0.3, -0.25) is 4.79 Å². The van der Waals surface area contributed by atoms with E-state index in [4.69, 9.17) is 0 Å². The lowest BCUT2D eigenvalue weighted by molar-refractivity contribution is -0.117. The number of amides is 2. The van der Waals surface area contributed by atoms with E-state index in [1.807, 2.05) is 59.5 Å². The fraction of sp³-hybridized carbons (Fsp3) is 0.500. The van der Waals surface area contributed by atoms with E-state index in [9.17, 15) is 19.8 Å². The van der Waals surface area contributed by atoms with E-state index >= 15 is 0 Å². The highest BCUT2D eigenvalue weighted by Crippen LogP contribution is 2.62. The Morgan fingerprint density at radius 3 is 2.47 bits per heavy atom. The first-order valence-corrected chi connectivity index (χ1v) is 21.5. The average molecular weight is 759 g/mol. The van der Waals surface area contributed by atoms with Crippen LogP contribution in [0.3, 0.4) is 0 Å². The third-order valence-corrected chi connectivity index (χ3v) is 15.9. The summed E-state index contributed by atoms with van der Waals surface area (Å²) in [4.78, 5) is 31.8. The van der Waals surface area contributed by atoms with Gasteiger partial charge in [-0.15, -0.1) is 11.3 Å². The number of nitrogens with one attached hydrogen (secondary N) is 1. The maximum Gasteiger partial charge on any atom is 0.321 e. The second-order valence-corrected chi connectivity index (χ2v) is 19.4. The van der Waals surface area contributed by atoms with Gasteiger partial charge in [0.2, 0.25) is 5.78 Å². The molecule has 4 fully saturated rings. The van der Waals surface area contributed by atoms with Crippen LogP contribution < -0.4 is 5.32 Å². The van der Waals surface area contributed by atoms with Crippen molar-refractivity contribution in [3.63, 3.8) is 0 Å². The number of para-hydroxylation sites is 1. The fourth-order valence-electron chi connectivity index (χ4n) is 11.1. The van der Waals surface area contributed by atoms with E-state index in [2.05, 4.69) is 63.4 Å². The number of nitrogens with zero attached hydrogens (tertiary/aromatic N) is 1. The Hall–Kier alpha value is -3.78. The van der Waals surface area contributed by atoms with E-state index in [0.29, 0.717) is 60.9 Å². The van der Waals surface area contributed by atoms with Crippen molar-refractivity contribution in [3.8, 4) is 0 Å². The van der Waals surface area contributed by atoms with Gasteiger partial charge in [0, 0.05) is 27.9 Å². The quantitative estimate of drug-likeness (QED) is 0.129. The Kier molecular flexibility index (Phi) is 10.4. The molecule has 7 atom stereocenters. The van der Waals surface area contributed by atoms with E-state index in [1.54, 1.807) is 0 Å².